The first-order chi connectivity index (χ1) is 12.3. The highest BCUT2D eigenvalue weighted by Crippen LogP contribution is 2.23. The molecule has 7 heteroatoms. The number of pyridine rings is 1. The minimum atomic E-state index is -0.493. The molecule has 0 aliphatic heterocycles. The van der Waals surface area contributed by atoms with E-state index in [-0.39, 0.29) is 18.2 Å². The third kappa shape index (κ3) is 3.82. The van der Waals surface area contributed by atoms with E-state index in [1.54, 1.807) is 50.0 Å². The van der Waals surface area contributed by atoms with E-state index in [1.165, 1.54) is 18.9 Å². The van der Waals surface area contributed by atoms with Crippen molar-refractivity contribution >= 4 is 17.7 Å². The maximum absolute atomic E-state index is 12.9. The lowest BCUT2D eigenvalue weighted by atomic mass is 10.0. The van der Waals surface area contributed by atoms with Gasteiger partial charge in [-0.1, -0.05) is 0 Å². The van der Waals surface area contributed by atoms with E-state index in [1.807, 2.05) is 0 Å². The van der Waals surface area contributed by atoms with Crippen molar-refractivity contribution in [1.29, 1.82) is 0 Å². The highest BCUT2D eigenvalue weighted by Gasteiger charge is 2.26. The molecule has 0 saturated heterocycles. The predicted octanol–water partition coefficient (Wildman–Crippen LogP) is 2.05. The second-order valence-corrected chi connectivity index (χ2v) is 6.14. The third-order valence-corrected chi connectivity index (χ3v) is 4.49. The lowest BCUT2D eigenvalue weighted by molar-refractivity contribution is -0.129. The van der Waals surface area contributed by atoms with Crippen molar-refractivity contribution < 1.29 is 19.1 Å². The fourth-order valence-corrected chi connectivity index (χ4v) is 3.01. The third-order valence-electron chi connectivity index (χ3n) is 4.49. The van der Waals surface area contributed by atoms with Crippen LogP contribution in [0.1, 0.15) is 44.6 Å². The molecule has 2 rings (SSSR count). The molecule has 2 aromatic rings. The molecular formula is C19H23N3O4. The molecule has 0 spiro atoms. The van der Waals surface area contributed by atoms with Gasteiger partial charge in [0.15, 0.2) is 5.78 Å². The molecule has 0 saturated carbocycles. The second-order valence-electron chi connectivity index (χ2n) is 6.14. The van der Waals surface area contributed by atoms with Crippen molar-refractivity contribution in [1.82, 2.24) is 14.5 Å². The number of ketones is 1. The smallest absolute Gasteiger partial charge is 0.354 e. The molecule has 0 bridgehead atoms. The van der Waals surface area contributed by atoms with Crippen LogP contribution in [0.15, 0.2) is 24.5 Å². The minimum absolute atomic E-state index is 0.0655. The van der Waals surface area contributed by atoms with Crippen LogP contribution in [0.5, 0.6) is 0 Å². The highest BCUT2D eigenvalue weighted by molar-refractivity contribution is 6.04. The van der Waals surface area contributed by atoms with Gasteiger partial charge in [-0.15, -0.1) is 0 Å². The Balaban J connectivity index is 2.30. The predicted molar refractivity (Wildman–Crippen MR) is 95.9 cm³/mol. The Bertz CT molecular complexity index is 840. The first-order valence-electron chi connectivity index (χ1n) is 8.19. The number of amides is 1. The molecular weight excluding hydrogens is 334 g/mol. The first-order valence-corrected chi connectivity index (χ1v) is 8.19. The summed E-state index contributed by atoms with van der Waals surface area (Å²) in [6, 6.07) is 3.60. The van der Waals surface area contributed by atoms with Crippen LogP contribution >= 0.6 is 0 Å². The normalized spacial score (nSPS) is 10.5. The second kappa shape index (κ2) is 7.95. The Hall–Kier alpha value is -2.96. The number of Topliss-reactive ketones (excluding diaryl/α,β-unsaturated/α-hetero) is 1. The lowest BCUT2D eigenvalue weighted by Crippen LogP contribution is -2.33. The SMILES string of the molecule is COC(=O)c1c(C)c(C(=O)CN(Cc2ccncc2)C(C)=O)c(C)n1C. The molecule has 0 N–H and O–H groups in total. The summed E-state index contributed by atoms with van der Waals surface area (Å²) < 4.78 is 6.45. The number of nitrogens with zero attached hydrogens (tertiary/aromatic N) is 3. The fourth-order valence-electron chi connectivity index (χ4n) is 3.01. The molecule has 2 heterocycles. The van der Waals surface area contributed by atoms with E-state index in [9.17, 15) is 14.4 Å². The van der Waals surface area contributed by atoms with Crippen LogP contribution in [-0.4, -0.2) is 45.8 Å². The quantitative estimate of drug-likeness (QED) is 0.584. The molecule has 1 amide bonds. The summed E-state index contributed by atoms with van der Waals surface area (Å²) in [6.45, 7) is 5.17. The van der Waals surface area contributed by atoms with Gasteiger partial charge >= 0.3 is 5.97 Å². The number of ether oxygens (including phenoxy) is 1. The Kier molecular flexibility index (Phi) is 5.92. The number of aromatic nitrogens is 2. The van der Waals surface area contributed by atoms with E-state index in [4.69, 9.17) is 4.74 Å². The summed E-state index contributed by atoms with van der Waals surface area (Å²) in [6.07, 6.45) is 3.28. The number of carbonyl (C=O) groups is 3. The maximum Gasteiger partial charge on any atom is 0.354 e. The van der Waals surface area contributed by atoms with Gasteiger partial charge in [-0.25, -0.2) is 4.79 Å². The number of esters is 1. The van der Waals surface area contributed by atoms with Crippen LogP contribution in [0.4, 0.5) is 0 Å². The van der Waals surface area contributed by atoms with Crippen molar-refractivity contribution in [3.8, 4) is 0 Å². The zero-order chi connectivity index (χ0) is 19.4. The maximum atomic E-state index is 12.9. The van der Waals surface area contributed by atoms with Crippen LogP contribution < -0.4 is 0 Å². The van der Waals surface area contributed by atoms with Crippen LogP contribution in [0, 0.1) is 13.8 Å². The van der Waals surface area contributed by atoms with Crippen LogP contribution in [0.2, 0.25) is 0 Å². The van der Waals surface area contributed by atoms with Crippen molar-refractivity contribution in [3.63, 3.8) is 0 Å². The largest absolute Gasteiger partial charge is 0.464 e. The van der Waals surface area contributed by atoms with Crippen molar-refractivity contribution in [2.24, 2.45) is 7.05 Å². The van der Waals surface area contributed by atoms with Gasteiger partial charge in [0.2, 0.25) is 5.91 Å². The monoisotopic (exact) mass is 357 g/mol. The average molecular weight is 357 g/mol. The molecule has 0 aromatic carbocycles. The first kappa shape index (κ1) is 19.4. The molecule has 0 fully saturated rings. The van der Waals surface area contributed by atoms with Crippen molar-refractivity contribution in [2.75, 3.05) is 13.7 Å². The number of hydrogen-bond acceptors (Lipinski definition) is 5. The Morgan fingerprint density at radius 3 is 2.35 bits per heavy atom. The molecule has 2 aromatic heterocycles. The molecule has 0 atom stereocenters. The summed E-state index contributed by atoms with van der Waals surface area (Å²) in [4.78, 5) is 42.3. The minimum Gasteiger partial charge on any atom is -0.464 e. The van der Waals surface area contributed by atoms with Gasteiger partial charge in [-0.3, -0.25) is 14.6 Å². The van der Waals surface area contributed by atoms with Gasteiger partial charge in [-0.2, -0.15) is 0 Å². The molecule has 26 heavy (non-hydrogen) atoms. The Morgan fingerprint density at radius 1 is 1.19 bits per heavy atom. The fraction of sp³-hybridized carbons (Fsp3) is 0.368. The molecule has 0 unspecified atom stereocenters. The molecule has 7 nitrogen and oxygen atoms in total. The van der Waals surface area contributed by atoms with Crippen molar-refractivity contribution in [2.45, 2.75) is 27.3 Å². The number of rotatable bonds is 6. The van der Waals surface area contributed by atoms with Gasteiger partial charge in [0.05, 0.1) is 13.7 Å². The van der Waals surface area contributed by atoms with Crippen LogP contribution in [0.3, 0.4) is 0 Å². The summed E-state index contributed by atoms with van der Waals surface area (Å²) >= 11 is 0. The summed E-state index contributed by atoms with van der Waals surface area (Å²) in [5.74, 6) is -0.906. The Labute approximate surface area is 152 Å². The van der Waals surface area contributed by atoms with Gasteiger partial charge in [-0.05, 0) is 37.1 Å². The average Bonchev–Trinajstić information content (AvgIpc) is 2.83. The number of carbonyl (C=O) groups excluding carboxylic acids is 3. The molecule has 0 aliphatic carbocycles. The summed E-state index contributed by atoms with van der Waals surface area (Å²) in [5.41, 5.74) is 2.92. The van der Waals surface area contributed by atoms with Gasteiger partial charge < -0.3 is 14.2 Å². The highest BCUT2D eigenvalue weighted by atomic mass is 16.5. The lowest BCUT2D eigenvalue weighted by Gasteiger charge is -2.20. The molecule has 138 valence electrons. The van der Waals surface area contributed by atoms with E-state index in [0.717, 1.165) is 5.56 Å². The molecule has 0 aliphatic rings. The number of methoxy groups -OCH3 is 1. The van der Waals surface area contributed by atoms with E-state index < -0.39 is 5.97 Å². The van der Waals surface area contributed by atoms with E-state index >= 15 is 0 Å². The van der Waals surface area contributed by atoms with Crippen LogP contribution in [0.25, 0.3) is 0 Å². The van der Waals surface area contributed by atoms with E-state index in [0.29, 0.717) is 29.1 Å². The van der Waals surface area contributed by atoms with Gasteiger partial charge in [0.1, 0.15) is 5.69 Å². The molecule has 0 radical (unpaired) electrons. The topological polar surface area (TPSA) is 81.5 Å². The summed E-state index contributed by atoms with van der Waals surface area (Å²) in [7, 11) is 3.02. The summed E-state index contributed by atoms with van der Waals surface area (Å²) in [5, 5.41) is 0. The van der Waals surface area contributed by atoms with Gasteiger partial charge in [0.25, 0.3) is 0 Å². The standard InChI is InChI=1S/C19H23N3O4/c1-12-17(13(2)21(4)18(12)19(25)26-5)16(24)11-22(14(3)23)10-15-6-8-20-9-7-15/h6-9H,10-11H2,1-5H3. The Morgan fingerprint density at radius 2 is 1.81 bits per heavy atom. The van der Waals surface area contributed by atoms with Gasteiger partial charge in [0, 0.05) is 44.2 Å². The van der Waals surface area contributed by atoms with E-state index in [2.05, 4.69) is 4.98 Å². The zero-order valence-electron chi connectivity index (χ0n) is 15.7. The number of hydrogen-bond donors (Lipinski definition) is 0. The van der Waals surface area contributed by atoms with Crippen molar-refractivity contribution in [3.05, 3.63) is 52.6 Å². The zero-order valence-corrected chi connectivity index (χ0v) is 15.7. The van der Waals surface area contributed by atoms with Crippen LogP contribution in [-0.2, 0) is 23.1 Å².